The Bertz CT molecular complexity index is 1080. The minimum atomic E-state index is 0.436. The van der Waals surface area contributed by atoms with Crippen molar-refractivity contribution in [2.75, 3.05) is 14.2 Å². The lowest BCUT2D eigenvalue weighted by atomic mass is 10.2. The highest BCUT2D eigenvalue weighted by Crippen LogP contribution is 2.33. The molecule has 4 rings (SSSR count). The minimum Gasteiger partial charge on any atom is -0.497 e. The van der Waals surface area contributed by atoms with Gasteiger partial charge in [-0.1, -0.05) is 35.5 Å². The van der Waals surface area contributed by atoms with Crippen LogP contribution in [0.3, 0.4) is 0 Å². The van der Waals surface area contributed by atoms with Crippen LogP contribution in [0.2, 0.25) is 0 Å². The van der Waals surface area contributed by atoms with Crippen LogP contribution in [-0.4, -0.2) is 24.4 Å². The molecular weight excluding hydrogens is 368 g/mol. The van der Waals surface area contributed by atoms with Gasteiger partial charge in [-0.2, -0.15) is 4.98 Å². The average Bonchev–Trinajstić information content (AvgIpc) is 3.28. The Labute approximate surface area is 168 Å². The zero-order valence-corrected chi connectivity index (χ0v) is 16.2. The van der Waals surface area contributed by atoms with Gasteiger partial charge in [-0.3, -0.25) is 0 Å². The van der Waals surface area contributed by atoms with Gasteiger partial charge in [0.15, 0.2) is 11.5 Å². The predicted octanol–water partition coefficient (Wildman–Crippen LogP) is 5.00. The molecule has 0 bridgehead atoms. The zero-order chi connectivity index (χ0) is 20.1. The summed E-state index contributed by atoms with van der Waals surface area (Å²) in [5.74, 6) is 2.94. The molecule has 0 atom stereocenters. The van der Waals surface area contributed by atoms with Gasteiger partial charge < -0.3 is 18.7 Å². The fourth-order valence-electron chi connectivity index (χ4n) is 2.85. The van der Waals surface area contributed by atoms with Crippen molar-refractivity contribution in [1.82, 2.24) is 10.1 Å². The van der Waals surface area contributed by atoms with Crippen molar-refractivity contribution in [2.45, 2.75) is 6.61 Å². The summed E-state index contributed by atoms with van der Waals surface area (Å²) in [4.78, 5) is 4.49. The molecule has 1 aromatic heterocycles. The highest BCUT2D eigenvalue weighted by atomic mass is 16.5. The van der Waals surface area contributed by atoms with Crippen LogP contribution in [0.4, 0.5) is 0 Å². The van der Waals surface area contributed by atoms with E-state index in [9.17, 15) is 0 Å². The smallest absolute Gasteiger partial charge is 0.258 e. The van der Waals surface area contributed by atoms with Crippen LogP contribution in [0, 0.1) is 0 Å². The van der Waals surface area contributed by atoms with Crippen LogP contribution < -0.4 is 14.2 Å². The van der Waals surface area contributed by atoms with Gasteiger partial charge in [-0.15, -0.1) is 0 Å². The third kappa shape index (κ3) is 4.21. The summed E-state index contributed by atoms with van der Waals surface area (Å²) in [6, 6.07) is 23.0. The molecule has 0 aliphatic heterocycles. The fraction of sp³-hybridized carbons (Fsp3) is 0.130. The summed E-state index contributed by atoms with van der Waals surface area (Å²) in [7, 11) is 3.23. The molecule has 0 unspecified atom stereocenters. The molecule has 0 saturated heterocycles. The van der Waals surface area contributed by atoms with Crippen LogP contribution in [-0.2, 0) is 6.61 Å². The van der Waals surface area contributed by atoms with Gasteiger partial charge in [0.25, 0.3) is 5.89 Å². The topological polar surface area (TPSA) is 66.6 Å². The number of methoxy groups -OCH3 is 2. The summed E-state index contributed by atoms with van der Waals surface area (Å²) >= 11 is 0. The van der Waals surface area contributed by atoms with Crippen molar-refractivity contribution in [2.24, 2.45) is 0 Å². The van der Waals surface area contributed by atoms with Crippen molar-refractivity contribution in [3.8, 4) is 40.1 Å². The van der Waals surface area contributed by atoms with Crippen LogP contribution in [0.15, 0.2) is 77.3 Å². The number of hydrogen-bond donors (Lipinski definition) is 0. The zero-order valence-electron chi connectivity index (χ0n) is 16.2. The summed E-state index contributed by atoms with van der Waals surface area (Å²) in [6.45, 7) is 0.459. The maximum absolute atomic E-state index is 5.90. The average molecular weight is 388 g/mol. The van der Waals surface area contributed by atoms with Crippen LogP contribution in [0.25, 0.3) is 22.8 Å². The molecular formula is C23H20N2O4. The first kappa shape index (κ1) is 18.6. The number of nitrogens with zero attached hydrogens (tertiary/aromatic N) is 2. The van der Waals surface area contributed by atoms with Crippen molar-refractivity contribution >= 4 is 0 Å². The molecule has 0 fully saturated rings. The minimum absolute atomic E-state index is 0.436. The van der Waals surface area contributed by atoms with E-state index in [0.29, 0.717) is 29.8 Å². The Morgan fingerprint density at radius 2 is 1.55 bits per heavy atom. The lowest BCUT2D eigenvalue weighted by Gasteiger charge is -2.11. The molecule has 0 N–H and O–H groups in total. The highest BCUT2D eigenvalue weighted by Gasteiger charge is 2.14. The van der Waals surface area contributed by atoms with Crippen LogP contribution >= 0.6 is 0 Å². The molecule has 0 saturated carbocycles. The second-order valence-electron chi connectivity index (χ2n) is 6.29. The molecule has 0 aliphatic rings. The van der Waals surface area contributed by atoms with Crippen LogP contribution in [0.1, 0.15) is 5.56 Å². The molecule has 6 nitrogen and oxygen atoms in total. The largest absolute Gasteiger partial charge is 0.497 e. The van der Waals surface area contributed by atoms with E-state index in [1.54, 1.807) is 14.2 Å². The first-order chi connectivity index (χ1) is 14.3. The molecule has 0 spiro atoms. The molecule has 1 heterocycles. The number of benzene rings is 3. The van der Waals surface area contributed by atoms with Gasteiger partial charge in [0.1, 0.15) is 12.4 Å². The molecule has 3 aromatic carbocycles. The highest BCUT2D eigenvalue weighted by molar-refractivity contribution is 5.63. The second kappa shape index (κ2) is 8.48. The molecule has 146 valence electrons. The van der Waals surface area contributed by atoms with Crippen molar-refractivity contribution in [1.29, 1.82) is 0 Å². The van der Waals surface area contributed by atoms with Gasteiger partial charge in [0.05, 0.1) is 14.2 Å². The van der Waals surface area contributed by atoms with E-state index in [-0.39, 0.29) is 0 Å². The number of rotatable bonds is 7. The summed E-state index contributed by atoms with van der Waals surface area (Å²) in [5.41, 5.74) is 2.68. The fourth-order valence-corrected chi connectivity index (χ4v) is 2.85. The Morgan fingerprint density at radius 1 is 0.793 bits per heavy atom. The van der Waals surface area contributed by atoms with E-state index >= 15 is 0 Å². The third-order valence-electron chi connectivity index (χ3n) is 4.42. The van der Waals surface area contributed by atoms with Gasteiger partial charge in [-0.25, -0.2) is 0 Å². The Balaban J connectivity index is 1.53. The maximum Gasteiger partial charge on any atom is 0.258 e. The summed E-state index contributed by atoms with van der Waals surface area (Å²) in [5, 5.41) is 4.09. The van der Waals surface area contributed by atoms with E-state index in [2.05, 4.69) is 10.1 Å². The quantitative estimate of drug-likeness (QED) is 0.444. The Morgan fingerprint density at radius 3 is 2.28 bits per heavy atom. The van der Waals surface area contributed by atoms with Gasteiger partial charge in [0.2, 0.25) is 5.82 Å². The Hall–Kier alpha value is -3.80. The molecule has 0 amide bonds. The number of ether oxygens (including phenoxy) is 3. The lowest BCUT2D eigenvalue weighted by Crippen LogP contribution is -1.98. The SMILES string of the molecule is COc1ccc(-c2nc(-c3ccc(OCc4ccccc4)c(OC)c3)no2)cc1. The second-order valence-corrected chi connectivity index (χ2v) is 6.29. The number of hydrogen-bond acceptors (Lipinski definition) is 6. The van der Waals surface area contributed by atoms with E-state index in [4.69, 9.17) is 18.7 Å². The number of aromatic nitrogens is 2. The van der Waals surface area contributed by atoms with E-state index < -0.39 is 0 Å². The first-order valence-corrected chi connectivity index (χ1v) is 9.10. The molecule has 4 aromatic rings. The maximum atomic E-state index is 5.90. The van der Waals surface area contributed by atoms with Gasteiger partial charge in [-0.05, 0) is 48.0 Å². The summed E-state index contributed by atoms with van der Waals surface area (Å²) in [6.07, 6.45) is 0. The monoisotopic (exact) mass is 388 g/mol. The van der Waals surface area contributed by atoms with Crippen molar-refractivity contribution in [3.63, 3.8) is 0 Å². The Kier molecular flexibility index (Phi) is 5.42. The predicted molar refractivity (Wildman–Crippen MR) is 109 cm³/mol. The molecule has 29 heavy (non-hydrogen) atoms. The molecule has 0 aliphatic carbocycles. The first-order valence-electron chi connectivity index (χ1n) is 9.10. The van der Waals surface area contributed by atoms with Gasteiger partial charge >= 0.3 is 0 Å². The standard InChI is InChI=1S/C23H20N2O4/c1-26-19-11-8-17(9-12-19)23-24-22(25-29-23)18-10-13-20(21(14-18)27-2)28-15-16-6-4-3-5-7-16/h3-14H,15H2,1-2H3. The van der Waals surface area contributed by atoms with Crippen molar-refractivity contribution < 1.29 is 18.7 Å². The van der Waals surface area contributed by atoms with E-state index in [1.807, 2.05) is 72.8 Å². The lowest BCUT2D eigenvalue weighted by molar-refractivity contribution is 0.284. The van der Waals surface area contributed by atoms with E-state index in [1.165, 1.54) is 0 Å². The molecule has 6 heteroatoms. The van der Waals surface area contributed by atoms with E-state index in [0.717, 1.165) is 22.4 Å². The normalized spacial score (nSPS) is 10.6. The van der Waals surface area contributed by atoms with Crippen molar-refractivity contribution in [3.05, 3.63) is 78.4 Å². The van der Waals surface area contributed by atoms with Gasteiger partial charge in [0, 0.05) is 11.1 Å². The third-order valence-corrected chi connectivity index (χ3v) is 4.42. The summed E-state index contributed by atoms with van der Waals surface area (Å²) < 4.78 is 22.0. The molecule has 0 radical (unpaired) electrons. The van der Waals surface area contributed by atoms with Crippen LogP contribution in [0.5, 0.6) is 17.2 Å².